The lowest BCUT2D eigenvalue weighted by Crippen LogP contribution is -2.22. The molecule has 2 amide bonds. The maximum absolute atomic E-state index is 12.5. The van der Waals surface area contributed by atoms with Crippen molar-refractivity contribution in [3.8, 4) is 5.75 Å². The molecule has 0 saturated carbocycles. The number of hydrogen-bond acceptors (Lipinski definition) is 6. The smallest absolute Gasteiger partial charge is 0.280 e. The van der Waals surface area contributed by atoms with Crippen molar-refractivity contribution in [1.29, 1.82) is 0 Å². The standard InChI is InChI=1S/C20H22N6O3/c1-12-6-4-9-16(13(12)2)23-17(27)11-26-19(21)18(24-25-26)20(28)22-14-7-5-8-15(10-14)29-3/h4-10H,11,21H2,1-3H3,(H,22,28)(H,23,27). The van der Waals surface area contributed by atoms with Crippen LogP contribution in [0.5, 0.6) is 5.75 Å². The third kappa shape index (κ3) is 4.52. The zero-order valence-electron chi connectivity index (χ0n) is 16.4. The number of hydrogen-bond donors (Lipinski definition) is 3. The molecular formula is C20H22N6O3. The van der Waals surface area contributed by atoms with Gasteiger partial charge in [-0.15, -0.1) is 5.10 Å². The molecule has 0 saturated heterocycles. The molecule has 0 unspecified atom stereocenters. The minimum Gasteiger partial charge on any atom is -0.497 e. The Morgan fingerprint density at radius 2 is 1.90 bits per heavy atom. The number of nitrogens with two attached hydrogens (primary N) is 1. The van der Waals surface area contributed by atoms with Gasteiger partial charge in [0.25, 0.3) is 5.91 Å². The molecular weight excluding hydrogens is 372 g/mol. The topological polar surface area (TPSA) is 124 Å². The van der Waals surface area contributed by atoms with Crippen LogP contribution in [0.2, 0.25) is 0 Å². The average molecular weight is 394 g/mol. The number of nitrogens with zero attached hydrogens (tertiary/aromatic N) is 3. The summed E-state index contributed by atoms with van der Waals surface area (Å²) in [5.74, 6) is -0.254. The number of nitrogen functional groups attached to an aromatic ring is 1. The van der Waals surface area contributed by atoms with Gasteiger partial charge in [-0.3, -0.25) is 9.59 Å². The first kappa shape index (κ1) is 19.9. The van der Waals surface area contributed by atoms with Gasteiger partial charge in [-0.1, -0.05) is 23.4 Å². The molecule has 150 valence electrons. The molecule has 0 aliphatic rings. The summed E-state index contributed by atoms with van der Waals surface area (Å²) in [6.07, 6.45) is 0. The lowest BCUT2D eigenvalue weighted by atomic mass is 10.1. The van der Waals surface area contributed by atoms with E-state index in [0.29, 0.717) is 17.1 Å². The van der Waals surface area contributed by atoms with Crippen LogP contribution >= 0.6 is 0 Å². The highest BCUT2D eigenvalue weighted by Crippen LogP contribution is 2.19. The lowest BCUT2D eigenvalue weighted by Gasteiger charge is -2.10. The van der Waals surface area contributed by atoms with Gasteiger partial charge >= 0.3 is 0 Å². The Hall–Kier alpha value is -3.88. The first-order valence-corrected chi connectivity index (χ1v) is 8.89. The molecule has 3 aromatic rings. The van der Waals surface area contributed by atoms with Gasteiger partial charge in [0.2, 0.25) is 5.91 Å². The maximum atomic E-state index is 12.5. The second-order valence-corrected chi connectivity index (χ2v) is 6.46. The molecule has 4 N–H and O–H groups in total. The van der Waals surface area contributed by atoms with E-state index in [1.807, 2.05) is 32.0 Å². The van der Waals surface area contributed by atoms with Crippen LogP contribution in [0.4, 0.5) is 17.2 Å². The molecule has 1 heterocycles. The molecule has 0 fully saturated rings. The molecule has 9 nitrogen and oxygen atoms in total. The number of amides is 2. The Balaban J connectivity index is 1.69. The van der Waals surface area contributed by atoms with Crippen molar-refractivity contribution in [2.45, 2.75) is 20.4 Å². The van der Waals surface area contributed by atoms with E-state index in [9.17, 15) is 9.59 Å². The van der Waals surface area contributed by atoms with Crippen molar-refractivity contribution in [3.05, 3.63) is 59.3 Å². The number of methoxy groups -OCH3 is 1. The minimum absolute atomic E-state index is 0.00140. The van der Waals surface area contributed by atoms with E-state index in [4.69, 9.17) is 10.5 Å². The van der Waals surface area contributed by atoms with Crippen LogP contribution in [0.3, 0.4) is 0 Å². The third-order valence-corrected chi connectivity index (χ3v) is 4.49. The number of aromatic nitrogens is 3. The Morgan fingerprint density at radius 3 is 2.66 bits per heavy atom. The number of benzene rings is 2. The predicted molar refractivity (Wildman–Crippen MR) is 110 cm³/mol. The van der Waals surface area contributed by atoms with Gasteiger partial charge in [0.05, 0.1) is 7.11 Å². The van der Waals surface area contributed by atoms with E-state index in [-0.39, 0.29) is 24.0 Å². The highest BCUT2D eigenvalue weighted by atomic mass is 16.5. The van der Waals surface area contributed by atoms with E-state index < -0.39 is 5.91 Å². The Labute approximate surface area is 167 Å². The molecule has 3 rings (SSSR count). The third-order valence-electron chi connectivity index (χ3n) is 4.49. The number of rotatable bonds is 6. The second kappa shape index (κ2) is 8.42. The van der Waals surface area contributed by atoms with Gasteiger partial charge in [-0.05, 0) is 43.2 Å². The Morgan fingerprint density at radius 1 is 1.14 bits per heavy atom. The quantitative estimate of drug-likeness (QED) is 0.590. The first-order chi connectivity index (χ1) is 13.9. The van der Waals surface area contributed by atoms with Crippen LogP contribution in [-0.2, 0) is 11.3 Å². The summed E-state index contributed by atoms with van der Waals surface area (Å²) in [6.45, 7) is 3.72. The first-order valence-electron chi connectivity index (χ1n) is 8.89. The van der Waals surface area contributed by atoms with Crippen molar-refractivity contribution in [1.82, 2.24) is 15.0 Å². The van der Waals surface area contributed by atoms with Gasteiger partial charge in [-0.2, -0.15) is 0 Å². The minimum atomic E-state index is -0.531. The van der Waals surface area contributed by atoms with Gasteiger partial charge < -0.3 is 21.1 Å². The number of carbonyl (C=O) groups excluding carboxylic acids is 2. The van der Waals surface area contributed by atoms with Crippen LogP contribution < -0.4 is 21.1 Å². The number of ether oxygens (including phenoxy) is 1. The molecule has 2 aromatic carbocycles. The number of aryl methyl sites for hydroxylation is 1. The largest absolute Gasteiger partial charge is 0.497 e. The van der Waals surface area contributed by atoms with E-state index >= 15 is 0 Å². The molecule has 0 atom stereocenters. The van der Waals surface area contributed by atoms with Crippen LogP contribution in [0.1, 0.15) is 21.6 Å². The second-order valence-electron chi connectivity index (χ2n) is 6.46. The summed E-state index contributed by atoms with van der Waals surface area (Å²) in [5.41, 5.74) is 9.20. The van der Waals surface area contributed by atoms with Crippen LogP contribution in [0, 0.1) is 13.8 Å². The van der Waals surface area contributed by atoms with E-state index in [2.05, 4.69) is 20.9 Å². The molecule has 0 bridgehead atoms. The molecule has 29 heavy (non-hydrogen) atoms. The SMILES string of the molecule is COc1cccc(NC(=O)c2nnn(CC(=O)Nc3cccc(C)c3C)c2N)c1. The van der Waals surface area contributed by atoms with E-state index in [1.54, 1.807) is 24.3 Å². The predicted octanol–water partition coefficient (Wildman–Crippen LogP) is 2.38. The van der Waals surface area contributed by atoms with Crippen molar-refractivity contribution < 1.29 is 14.3 Å². The van der Waals surface area contributed by atoms with Crippen molar-refractivity contribution >= 4 is 29.0 Å². The van der Waals surface area contributed by atoms with Crippen molar-refractivity contribution in [2.75, 3.05) is 23.5 Å². The summed E-state index contributed by atoms with van der Waals surface area (Å²) in [6, 6.07) is 12.5. The zero-order valence-corrected chi connectivity index (χ0v) is 16.4. The van der Waals surface area contributed by atoms with Crippen LogP contribution in [0.15, 0.2) is 42.5 Å². The fraction of sp³-hybridized carbons (Fsp3) is 0.200. The normalized spacial score (nSPS) is 10.4. The Bertz CT molecular complexity index is 1060. The Kier molecular flexibility index (Phi) is 5.77. The number of carbonyl (C=O) groups is 2. The monoisotopic (exact) mass is 394 g/mol. The number of nitrogens with one attached hydrogen (secondary N) is 2. The highest BCUT2D eigenvalue weighted by Gasteiger charge is 2.19. The van der Waals surface area contributed by atoms with E-state index in [0.717, 1.165) is 11.1 Å². The molecule has 0 aliphatic heterocycles. The van der Waals surface area contributed by atoms with Gasteiger partial charge in [0, 0.05) is 17.4 Å². The van der Waals surface area contributed by atoms with E-state index in [1.165, 1.54) is 11.8 Å². The molecule has 0 radical (unpaired) electrons. The average Bonchev–Trinajstić information content (AvgIpc) is 3.06. The molecule has 9 heteroatoms. The van der Waals surface area contributed by atoms with Gasteiger partial charge in [0.1, 0.15) is 12.3 Å². The lowest BCUT2D eigenvalue weighted by molar-refractivity contribution is -0.116. The highest BCUT2D eigenvalue weighted by molar-refractivity contribution is 6.05. The summed E-state index contributed by atoms with van der Waals surface area (Å²) in [4.78, 5) is 24.8. The van der Waals surface area contributed by atoms with Crippen molar-refractivity contribution in [2.24, 2.45) is 0 Å². The maximum Gasteiger partial charge on any atom is 0.280 e. The van der Waals surface area contributed by atoms with Crippen LogP contribution in [0.25, 0.3) is 0 Å². The number of anilines is 3. The fourth-order valence-electron chi connectivity index (χ4n) is 2.70. The fourth-order valence-corrected chi connectivity index (χ4v) is 2.70. The molecule has 0 spiro atoms. The van der Waals surface area contributed by atoms with Gasteiger partial charge in [0.15, 0.2) is 11.5 Å². The van der Waals surface area contributed by atoms with Gasteiger partial charge in [-0.25, -0.2) is 4.68 Å². The summed E-state index contributed by atoms with van der Waals surface area (Å²) < 4.78 is 6.31. The molecule has 1 aromatic heterocycles. The van der Waals surface area contributed by atoms with Crippen LogP contribution in [-0.4, -0.2) is 33.9 Å². The summed E-state index contributed by atoms with van der Waals surface area (Å²) >= 11 is 0. The molecule has 0 aliphatic carbocycles. The summed E-state index contributed by atoms with van der Waals surface area (Å²) in [5, 5.41) is 13.1. The zero-order chi connectivity index (χ0) is 21.0. The summed E-state index contributed by atoms with van der Waals surface area (Å²) in [7, 11) is 1.54. The van der Waals surface area contributed by atoms with Crippen molar-refractivity contribution in [3.63, 3.8) is 0 Å².